The lowest BCUT2D eigenvalue weighted by Gasteiger charge is -2.34. The molecule has 2 amide bonds. The summed E-state index contributed by atoms with van der Waals surface area (Å²) < 4.78 is 10.5. The number of benzene rings is 1. The van der Waals surface area contributed by atoms with Crippen molar-refractivity contribution in [3.8, 4) is 11.5 Å². The summed E-state index contributed by atoms with van der Waals surface area (Å²) in [7, 11) is 3.12. The molecule has 0 atom stereocenters. The van der Waals surface area contributed by atoms with Crippen LogP contribution in [0, 0.1) is 5.92 Å². The zero-order valence-electron chi connectivity index (χ0n) is 15.6. The minimum Gasteiger partial charge on any atom is -0.497 e. The van der Waals surface area contributed by atoms with Crippen molar-refractivity contribution in [1.82, 2.24) is 9.80 Å². The smallest absolute Gasteiger partial charge is 0.257 e. The first-order chi connectivity index (χ1) is 12.0. The molecule has 1 aliphatic heterocycles. The van der Waals surface area contributed by atoms with E-state index in [0.29, 0.717) is 43.0 Å². The molecular formula is C19H28N2O4. The minimum absolute atomic E-state index is 0.0155. The number of ether oxygens (including phenoxy) is 2. The van der Waals surface area contributed by atoms with E-state index in [-0.39, 0.29) is 17.7 Å². The summed E-state index contributed by atoms with van der Waals surface area (Å²) in [4.78, 5) is 28.9. The highest BCUT2D eigenvalue weighted by Crippen LogP contribution is 2.28. The molecule has 1 aromatic carbocycles. The number of likely N-dealkylation sites (tertiary alicyclic amines) is 1. The summed E-state index contributed by atoms with van der Waals surface area (Å²) >= 11 is 0. The molecule has 1 saturated heterocycles. The average Bonchev–Trinajstić information content (AvgIpc) is 2.67. The molecule has 0 N–H and O–H groups in total. The molecule has 6 nitrogen and oxygen atoms in total. The Morgan fingerprint density at radius 3 is 2.28 bits per heavy atom. The van der Waals surface area contributed by atoms with Gasteiger partial charge >= 0.3 is 0 Å². The summed E-state index contributed by atoms with van der Waals surface area (Å²) in [5.41, 5.74) is 0.525. The van der Waals surface area contributed by atoms with Crippen LogP contribution in [0.4, 0.5) is 0 Å². The van der Waals surface area contributed by atoms with E-state index in [1.165, 1.54) is 0 Å². The lowest BCUT2D eigenvalue weighted by molar-refractivity contribution is -0.136. The van der Waals surface area contributed by atoms with Gasteiger partial charge in [0.2, 0.25) is 5.91 Å². The molecule has 1 aromatic rings. The van der Waals surface area contributed by atoms with E-state index in [0.717, 1.165) is 13.1 Å². The number of piperidine rings is 1. The number of rotatable bonds is 6. The van der Waals surface area contributed by atoms with Crippen LogP contribution in [0.1, 0.15) is 37.0 Å². The van der Waals surface area contributed by atoms with Gasteiger partial charge in [-0.05, 0) is 38.8 Å². The molecule has 1 heterocycles. The fraction of sp³-hybridized carbons (Fsp3) is 0.579. The van der Waals surface area contributed by atoms with E-state index in [2.05, 4.69) is 0 Å². The van der Waals surface area contributed by atoms with Crippen LogP contribution in [0.25, 0.3) is 0 Å². The van der Waals surface area contributed by atoms with Crippen LogP contribution in [-0.2, 0) is 4.79 Å². The molecule has 1 aliphatic rings. The number of hydrogen-bond acceptors (Lipinski definition) is 4. The third kappa shape index (κ3) is 4.24. The van der Waals surface area contributed by atoms with Crippen molar-refractivity contribution in [3.05, 3.63) is 23.8 Å². The number of nitrogens with zero attached hydrogens (tertiary/aromatic N) is 2. The largest absolute Gasteiger partial charge is 0.497 e. The molecular weight excluding hydrogens is 320 g/mol. The van der Waals surface area contributed by atoms with Gasteiger partial charge in [0.15, 0.2) is 0 Å². The molecule has 0 aromatic heterocycles. The first-order valence-corrected chi connectivity index (χ1v) is 8.85. The molecule has 0 spiro atoms. The van der Waals surface area contributed by atoms with E-state index < -0.39 is 0 Å². The van der Waals surface area contributed by atoms with Crippen LogP contribution in [0.2, 0.25) is 0 Å². The molecule has 2 rings (SSSR count). The van der Waals surface area contributed by atoms with Crippen molar-refractivity contribution in [1.29, 1.82) is 0 Å². The second-order valence-electron chi connectivity index (χ2n) is 6.14. The van der Waals surface area contributed by atoms with Crippen LogP contribution in [0.3, 0.4) is 0 Å². The van der Waals surface area contributed by atoms with E-state index in [1.807, 2.05) is 18.7 Å². The highest BCUT2D eigenvalue weighted by atomic mass is 16.5. The second kappa shape index (κ2) is 8.74. The van der Waals surface area contributed by atoms with Gasteiger partial charge in [0.05, 0.1) is 19.8 Å². The van der Waals surface area contributed by atoms with Crippen LogP contribution in [0.5, 0.6) is 11.5 Å². The summed E-state index contributed by atoms with van der Waals surface area (Å²) in [6.07, 6.45) is 1.42. The van der Waals surface area contributed by atoms with E-state index in [9.17, 15) is 9.59 Å². The topological polar surface area (TPSA) is 59.1 Å². The third-order valence-corrected chi connectivity index (χ3v) is 4.85. The van der Waals surface area contributed by atoms with Gasteiger partial charge in [0.25, 0.3) is 5.91 Å². The summed E-state index contributed by atoms with van der Waals surface area (Å²) in [6, 6.07) is 5.20. The molecule has 0 radical (unpaired) electrons. The van der Waals surface area contributed by atoms with Gasteiger partial charge in [-0.3, -0.25) is 9.59 Å². The van der Waals surface area contributed by atoms with Crippen molar-refractivity contribution >= 4 is 11.8 Å². The number of carbonyl (C=O) groups excluding carboxylic acids is 2. The Morgan fingerprint density at radius 2 is 1.76 bits per heavy atom. The zero-order chi connectivity index (χ0) is 18.4. The van der Waals surface area contributed by atoms with Crippen LogP contribution in [-0.4, -0.2) is 62.0 Å². The first kappa shape index (κ1) is 19.1. The highest BCUT2D eigenvalue weighted by molar-refractivity contribution is 5.97. The van der Waals surface area contributed by atoms with E-state index >= 15 is 0 Å². The van der Waals surface area contributed by atoms with Crippen LogP contribution < -0.4 is 9.47 Å². The SMILES string of the molecule is CCN(CC)C(=O)C1CCN(C(=O)c2ccc(OC)cc2OC)CC1. The van der Waals surface area contributed by atoms with Gasteiger partial charge < -0.3 is 19.3 Å². The monoisotopic (exact) mass is 348 g/mol. The maximum absolute atomic E-state index is 12.8. The van der Waals surface area contributed by atoms with Crippen molar-refractivity contribution in [2.75, 3.05) is 40.4 Å². The first-order valence-electron chi connectivity index (χ1n) is 8.85. The molecule has 1 fully saturated rings. The predicted octanol–water partition coefficient (Wildman–Crippen LogP) is 2.42. The summed E-state index contributed by atoms with van der Waals surface area (Å²) in [6.45, 7) is 6.64. The summed E-state index contributed by atoms with van der Waals surface area (Å²) in [5, 5.41) is 0. The van der Waals surface area contributed by atoms with Crippen LogP contribution >= 0.6 is 0 Å². The fourth-order valence-electron chi connectivity index (χ4n) is 3.27. The van der Waals surface area contributed by atoms with Gasteiger partial charge in [0.1, 0.15) is 11.5 Å². The maximum atomic E-state index is 12.8. The van der Waals surface area contributed by atoms with Crippen molar-refractivity contribution in [2.24, 2.45) is 5.92 Å². The van der Waals surface area contributed by atoms with Gasteiger partial charge in [0, 0.05) is 38.2 Å². The molecule has 6 heteroatoms. The zero-order valence-corrected chi connectivity index (χ0v) is 15.6. The number of amides is 2. The quantitative estimate of drug-likeness (QED) is 0.792. The van der Waals surface area contributed by atoms with E-state index in [4.69, 9.17) is 9.47 Å². The van der Waals surface area contributed by atoms with Gasteiger partial charge in [-0.15, -0.1) is 0 Å². The molecule has 0 unspecified atom stereocenters. The molecule has 0 bridgehead atoms. The average molecular weight is 348 g/mol. The second-order valence-corrected chi connectivity index (χ2v) is 6.14. The summed E-state index contributed by atoms with van der Waals surface area (Å²) in [5.74, 6) is 1.32. The van der Waals surface area contributed by atoms with Gasteiger partial charge in [-0.2, -0.15) is 0 Å². The normalized spacial score (nSPS) is 15.0. The number of carbonyl (C=O) groups is 2. The Hall–Kier alpha value is -2.24. The fourth-order valence-corrected chi connectivity index (χ4v) is 3.27. The molecule has 0 saturated carbocycles. The minimum atomic E-state index is -0.0618. The lowest BCUT2D eigenvalue weighted by Crippen LogP contribution is -2.44. The third-order valence-electron chi connectivity index (χ3n) is 4.85. The molecule has 25 heavy (non-hydrogen) atoms. The molecule has 0 aliphatic carbocycles. The Bertz CT molecular complexity index is 605. The standard InChI is InChI=1S/C19H28N2O4/c1-5-20(6-2)18(22)14-9-11-21(12-10-14)19(23)16-8-7-15(24-3)13-17(16)25-4/h7-8,13-14H,5-6,9-12H2,1-4H3. The molecule has 138 valence electrons. The Labute approximate surface area is 149 Å². The lowest BCUT2D eigenvalue weighted by atomic mass is 9.94. The predicted molar refractivity (Wildman–Crippen MR) is 96.1 cm³/mol. The number of methoxy groups -OCH3 is 2. The van der Waals surface area contributed by atoms with Gasteiger partial charge in [-0.25, -0.2) is 0 Å². The van der Waals surface area contributed by atoms with Crippen molar-refractivity contribution in [3.63, 3.8) is 0 Å². The van der Waals surface area contributed by atoms with Crippen molar-refractivity contribution < 1.29 is 19.1 Å². The van der Waals surface area contributed by atoms with E-state index in [1.54, 1.807) is 37.3 Å². The Balaban J connectivity index is 2.03. The van der Waals surface area contributed by atoms with Gasteiger partial charge in [-0.1, -0.05) is 0 Å². The Morgan fingerprint density at radius 1 is 1.12 bits per heavy atom. The highest BCUT2D eigenvalue weighted by Gasteiger charge is 2.30. The van der Waals surface area contributed by atoms with Crippen molar-refractivity contribution in [2.45, 2.75) is 26.7 Å². The number of hydrogen-bond donors (Lipinski definition) is 0. The maximum Gasteiger partial charge on any atom is 0.257 e. The van der Waals surface area contributed by atoms with Crippen LogP contribution in [0.15, 0.2) is 18.2 Å². The Kier molecular flexibility index (Phi) is 6.67.